The average molecular weight is 328 g/mol. The average Bonchev–Trinajstić information content (AvgIpc) is 2.42. The number of rotatable bonds is 5. The Morgan fingerprint density at radius 1 is 1.32 bits per heavy atom. The third-order valence-electron chi connectivity index (χ3n) is 3.63. The molecule has 1 aromatic carbocycles. The molecule has 0 aromatic heterocycles. The smallest absolute Gasteiger partial charge is 0.133 e. The van der Waals surface area contributed by atoms with Crippen molar-refractivity contribution >= 4 is 15.9 Å². The summed E-state index contributed by atoms with van der Waals surface area (Å²) in [5, 5.41) is 0. The van der Waals surface area contributed by atoms with Crippen molar-refractivity contribution in [3.05, 3.63) is 28.2 Å². The number of benzene rings is 1. The van der Waals surface area contributed by atoms with E-state index in [4.69, 9.17) is 15.2 Å². The Bertz CT molecular complexity index is 411. The minimum Gasteiger partial charge on any atom is -0.489 e. The van der Waals surface area contributed by atoms with Gasteiger partial charge in [0.25, 0.3) is 0 Å². The van der Waals surface area contributed by atoms with Gasteiger partial charge in [-0.25, -0.2) is 0 Å². The van der Waals surface area contributed by atoms with Crippen LogP contribution in [0, 0.1) is 0 Å². The lowest BCUT2D eigenvalue weighted by molar-refractivity contribution is 0.0207. The van der Waals surface area contributed by atoms with Crippen molar-refractivity contribution in [1.82, 2.24) is 0 Å². The Hall–Kier alpha value is -0.580. The molecular formula is C15H22BrNO2. The maximum atomic E-state index is 6.09. The molecule has 1 aliphatic rings. The minimum atomic E-state index is 0.260. The van der Waals surface area contributed by atoms with Crippen LogP contribution >= 0.6 is 15.9 Å². The summed E-state index contributed by atoms with van der Waals surface area (Å²) in [5.74, 6) is 0.919. The molecule has 1 aliphatic carbocycles. The molecule has 0 heterocycles. The second-order valence-electron chi connectivity index (χ2n) is 5.07. The first-order valence-corrected chi connectivity index (χ1v) is 7.70. The van der Waals surface area contributed by atoms with E-state index < -0.39 is 0 Å². The SMILES string of the molecule is COC1CCCC(Oc2ccc(CCN)cc2Br)C1. The molecule has 0 aliphatic heterocycles. The van der Waals surface area contributed by atoms with E-state index in [1.807, 2.05) is 6.07 Å². The third kappa shape index (κ3) is 4.20. The van der Waals surface area contributed by atoms with E-state index in [9.17, 15) is 0 Å². The van der Waals surface area contributed by atoms with Gasteiger partial charge in [-0.05, 0) is 65.9 Å². The van der Waals surface area contributed by atoms with Gasteiger partial charge in [0, 0.05) is 13.5 Å². The number of halogens is 1. The van der Waals surface area contributed by atoms with E-state index in [-0.39, 0.29) is 6.10 Å². The van der Waals surface area contributed by atoms with E-state index in [0.717, 1.165) is 35.9 Å². The molecule has 0 amide bonds. The quantitative estimate of drug-likeness (QED) is 0.902. The Labute approximate surface area is 123 Å². The van der Waals surface area contributed by atoms with Gasteiger partial charge in [0.1, 0.15) is 11.9 Å². The molecule has 0 radical (unpaired) electrons. The maximum Gasteiger partial charge on any atom is 0.133 e. The standard InChI is InChI=1S/C15H22BrNO2/c1-18-12-3-2-4-13(10-12)19-15-6-5-11(7-8-17)9-14(15)16/h5-6,9,12-13H,2-4,7-8,10,17H2,1H3. The predicted octanol–water partition coefficient (Wildman–Crippen LogP) is 3.29. The molecule has 106 valence electrons. The van der Waals surface area contributed by atoms with Crippen LogP contribution in [0.1, 0.15) is 31.2 Å². The van der Waals surface area contributed by atoms with Crippen LogP contribution in [0.4, 0.5) is 0 Å². The van der Waals surface area contributed by atoms with Gasteiger partial charge in [-0.1, -0.05) is 6.07 Å². The normalized spacial score (nSPS) is 23.3. The first-order valence-electron chi connectivity index (χ1n) is 6.91. The van der Waals surface area contributed by atoms with Crippen LogP contribution in [0.2, 0.25) is 0 Å². The molecular weight excluding hydrogens is 306 g/mol. The number of methoxy groups -OCH3 is 1. The van der Waals surface area contributed by atoms with E-state index >= 15 is 0 Å². The molecule has 1 aromatic rings. The summed E-state index contributed by atoms with van der Waals surface area (Å²) in [5.41, 5.74) is 6.80. The highest BCUT2D eigenvalue weighted by molar-refractivity contribution is 9.10. The summed E-state index contributed by atoms with van der Waals surface area (Å²) in [6.07, 6.45) is 5.90. The third-order valence-corrected chi connectivity index (χ3v) is 4.25. The van der Waals surface area contributed by atoms with Crippen molar-refractivity contribution in [2.45, 2.75) is 44.3 Å². The molecule has 2 atom stereocenters. The Morgan fingerprint density at radius 3 is 2.79 bits per heavy atom. The highest BCUT2D eigenvalue weighted by Crippen LogP contribution is 2.31. The lowest BCUT2D eigenvalue weighted by atomic mass is 9.95. The highest BCUT2D eigenvalue weighted by atomic mass is 79.9. The second kappa shape index (κ2) is 7.27. The van der Waals surface area contributed by atoms with E-state index in [1.54, 1.807) is 7.11 Å². The topological polar surface area (TPSA) is 44.5 Å². The van der Waals surface area contributed by atoms with Crippen molar-refractivity contribution < 1.29 is 9.47 Å². The van der Waals surface area contributed by atoms with Crippen molar-refractivity contribution in [1.29, 1.82) is 0 Å². The molecule has 2 N–H and O–H groups in total. The summed E-state index contributed by atoms with van der Waals surface area (Å²) in [6, 6.07) is 6.22. The van der Waals surface area contributed by atoms with Gasteiger partial charge in [0.05, 0.1) is 10.6 Å². The zero-order valence-electron chi connectivity index (χ0n) is 11.4. The Balaban J connectivity index is 1.98. The monoisotopic (exact) mass is 327 g/mol. The Kier molecular flexibility index (Phi) is 5.67. The fraction of sp³-hybridized carbons (Fsp3) is 0.600. The van der Waals surface area contributed by atoms with Gasteiger partial charge in [-0.3, -0.25) is 0 Å². The fourth-order valence-corrected chi connectivity index (χ4v) is 3.08. The van der Waals surface area contributed by atoms with Crippen molar-refractivity contribution in [3.8, 4) is 5.75 Å². The van der Waals surface area contributed by atoms with Gasteiger partial charge >= 0.3 is 0 Å². The second-order valence-corrected chi connectivity index (χ2v) is 5.92. The lowest BCUT2D eigenvalue weighted by Gasteiger charge is -2.29. The first kappa shape index (κ1) is 14.8. The van der Waals surface area contributed by atoms with E-state index in [0.29, 0.717) is 12.6 Å². The zero-order valence-corrected chi connectivity index (χ0v) is 13.0. The molecule has 0 bridgehead atoms. The largest absolute Gasteiger partial charge is 0.489 e. The molecule has 0 saturated heterocycles. The summed E-state index contributed by atoms with van der Waals surface area (Å²) >= 11 is 3.58. The van der Waals surface area contributed by atoms with Crippen molar-refractivity contribution in [2.75, 3.05) is 13.7 Å². The van der Waals surface area contributed by atoms with Crippen molar-refractivity contribution in [2.24, 2.45) is 5.73 Å². The summed E-state index contributed by atoms with van der Waals surface area (Å²) in [4.78, 5) is 0. The van der Waals surface area contributed by atoms with Crippen LogP contribution in [0.5, 0.6) is 5.75 Å². The van der Waals surface area contributed by atoms with Gasteiger partial charge in [0.2, 0.25) is 0 Å². The maximum absolute atomic E-state index is 6.09. The van der Waals surface area contributed by atoms with Gasteiger partial charge < -0.3 is 15.2 Å². The van der Waals surface area contributed by atoms with Crippen LogP contribution in [-0.2, 0) is 11.2 Å². The summed E-state index contributed by atoms with van der Waals surface area (Å²) < 4.78 is 12.5. The Morgan fingerprint density at radius 2 is 2.11 bits per heavy atom. The van der Waals surface area contributed by atoms with Crippen LogP contribution < -0.4 is 10.5 Å². The molecule has 2 rings (SSSR count). The molecule has 19 heavy (non-hydrogen) atoms. The predicted molar refractivity (Wildman–Crippen MR) is 80.6 cm³/mol. The lowest BCUT2D eigenvalue weighted by Crippen LogP contribution is -2.29. The van der Waals surface area contributed by atoms with Crippen molar-refractivity contribution in [3.63, 3.8) is 0 Å². The van der Waals surface area contributed by atoms with Gasteiger partial charge in [0.15, 0.2) is 0 Å². The van der Waals surface area contributed by atoms with Crippen LogP contribution in [0.3, 0.4) is 0 Å². The van der Waals surface area contributed by atoms with Crippen LogP contribution in [0.25, 0.3) is 0 Å². The molecule has 2 unspecified atom stereocenters. The van der Waals surface area contributed by atoms with Gasteiger partial charge in [-0.2, -0.15) is 0 Å². The fourth-order valence-electron chi connectivity index (χ4n) is 2.56. The summed E-state index contributed by atoms with van der Waals surface area (Å²) in [7, 11) is 1.78. The molecule has 0 spiro atoms. The van der Waals surface area contributed by atoms with Gasteiger partial charge in [-0.15, -0.1) is 0 Å². The molecule has 1 saturated carbocycles. The van der Waals surface area contributed by atoms with E-state index in [1.165, 1.54) is 12.0 Å². The number of ether oxygens (including phenoxy) is 2. The highest BCUT2D eigenvalue weighted by Gasteiger charge is 2.23. The van der Waals surface area contributed by atoms with Crippen LogP contribution in [-0.4, -0.2) is 25.9 Å². The zero-order chi connectivity index (χ0) is 13.7. The number of hydrogen-bond donors (Lipinski definition) is 1. The number of hydrogen-bond acceptors (Lipinski definition) is 3. The minimum absolute atomic E-state index is 0.260. The molecule has 3 nitrogen and oxygen atoms in total. The first-order chi connectivity index (χ1) is 9.22. The molecule has 1 fully saturated rings. The number of nitrogens with two attached hydrogens (primary N) is 1. The van der Waals surface area contributed by atoms with Crippen LogP contribution in [0.15, 0.2) is 22.7 Å². The summed E-state index contributed by atoms with van der Waals surface area (Å²) in [6.45, 7) is 0.671. The molecule has 4 heteroatoms. The van der Waals surface area contributed by atoms with E-state index in [2.05, 4.69) is 28.1 Å².